The van der Waals surface area contributed by atoms with Crippen molar-refractivity contribution in [3.8, 4) is 11.5 Å². The lowest BCUT2D eigenvalue weighted by Gasteiger charge is -2.13. The summed E-state index contributed by atoms with van der Waals surface area (Å²) < 4.78 is 21.7. The molecule has 0 aliphatic rings. The number of nitrogens with one attached hydrogen (secondary N) is 2. The van der Waals surface area contributed by atoms with E-state index in [-0.39, 0.29) is 34.7 Å². The lowest BCUT2D eigenvalue weighted by Crippen LogP contribution is -2.25. The number of hydrogen-bond acceptors (Lipinski definition) is 4. The maximum atomic E-state index is 14.4. The van der Waals surface area contributed by atoms with Crippen LogP contribution >= 0.6 is 12.2 Å². The van der Waals surface area contributed by atoms with Gasteiger partial charge in [0, 0.05) is 13.0 Å². The lowest BCUT2D eigenvalue weighted by molar-refractivity contribution is -0.116. The molecule has 0 fully saturated rings. The molecule has 0 atom stereocenters. The number of rotatable bonds is 6. The molecule has 0 aliphatic heterocycles. The van der Waals surface area contributed by atoms with Gasteiger partial charge < -0.3 is 15.0 Å². The van der Waals surface area contributed by atoms with Gasteiger partial charge in [-0.3, -0.25) is 14.2 Å². The zero-order valence-corrected chi connectivity index (χ0v) is 17.1. The molecule has 4 aromatic rings. The summed E-state index contributed by atoms with van der Waals surface area (Å²) in [5, 5.41) is 3.02. The summed E-state index contributed by atoms with van der Waals surface area (Å²) in [5.41, 5.74) is 0.283. The zero-order valence-electron chi connectivity index (χ0n) is 16.3. The molecule has 0 aliphatic carbocycles. The van der Waals surface area contributed by atoms with Crippen LogP contribution in [0.3, 0.4) is 0 Å². The molecule has 2 N–H and O–H groups in total. The Hall–Kier alpha value is -3.78. The number of H-pyrrole nitrogens is 1. The number of benzene rings is 3. The molecule has 6 nitrogen and oxygen atoms in total. The molecule has 0 saturated heterocycles. The largest absolute Gasteiger partial charge is 0.455 e. The molecule has 0 saturated carbocycles. The summed E-state index contributed by atoms with van der Waals surface area (Å²) in [4.78, 5) is 28.2. The van der Waals surface area contributed by atoms with Crippen molar-refractivity contribution in [2.75, 3.05) is 5.32 Å². The zero-order chi connectivity index (χ0) is 21.8. The fourth-order valence-electron chi connectivity index (χ4n) is 3.14. The molecule has 1 aromatic heterocycles. The number of nitrogens with zero attached hydrogens (tertiary/aromatic N) is 1. The maximum Gasteiger partial charge on any atom is 0.262 e. The van der Waals surface area contributed by atoms with Gasteiger partial charge in [-0.25, -0.2) is 4.39 Å². The van der Waals surface area contributed by atoms with Crippen molar-refractivity contribution in [2.45, 2.75) is 13.0 Å². The molecule has 0 bridgehead atoms. The van der Waals surface area contributed by atoms with Crippen molar-refractivity contribution in [1.29, 1.82) is 0 Å². The first-order chi connectivity index (χ1) is 15.0. The average molecular weight is 435 g/mol. The Morgan fingerprint density at radius 3 is 2.58 bits per heavy atom. The topological polar surface area (TPSA) is 76.1 Å². The number of para-hydroxylation sites is 3. The van der Waals surface area contributed by atoms with Crippen LogP contribution in [-0.2, 0) is 11.3 Å². The molecular weight excluding hydrogens is 417 g/mol. The van der Waals surface area contributed by atoms with Crippen LogP contribution in [0.25, 0.3) is 10.9 Å². The van der Waals surface area contributed by atoms with Crippen LogP contribution in [0.4, 0.5) is 10.1 Å². The number of amides is 1. The molecule has 0 unspecified atom stereocenters. The first kappa shape index (κ1) is 20.5. The Morgan fingerprint density at radius 1 is 1.03 bits per heavy atom. The minimum Gasteiger partial charge on any atom is -0.455 e. The van der Waals surface area contributed by atoms with E-state index in [2.05, 4.69) is 10.3 Å². The number of halogens is 1. The summed E-state index contributed by atoms with van der Waals surface area (Å²) >= 11 is 5.26. The third-order valence-corrected chi connectivity index (χ3v) is 4.99. The maximum absolute atomic E-state index is 14.4. The molecule has 1 heterocycles. The Kier molecular flexibility index (Phi) is 5.90. The second kappa shape index (κ2) is 8.93. The summed E-state index contributed by atoms with van der Waals surface area (Å²) in [5.74, 6) is -0.406. The highest BCUT2D eigenvalue weighted by molar-refractivity contribution is 7.71. The number of carbonyl (C=O) groups is 1. The number of aromatic amines is 1. The molecule has 4 rings (SSSR count). The molecule has 156 valence electrons. The van der Waals surface area contributed by atoms with E-state index in [9.17, 15) is 14.0 Å². The molecule has 1 amide bonds. The minimum absolute atomic E-state index is 0.0498. The van der Waals surface area contributed by atoms with Crippen LogP contribution in [0.2, 0.25) is 0 Å². The van der Waals surface area contributed by atoms with E-state index in [0.29, 0.717) is 16.7 Å². The SMILES string of the molecule is O=C(CCn1c(=S)[nH]c2ccccc2c1=O)Nc1c(F)cccc1Oc1ccccc1. The van der Waals surface area contributed by atoms with E-state index >= 15 is 0 Å². The van der Waals surface area contributed by atoms with Crippen molar-refractivity contribution in [2.24, 2.45) is 0 Å². The van der Waals surface area contributed by atoms with Gasteiger partial charge in [-0.15, -0.1) is 0 Å². The Morgan fingerprint density at radius 2 is 1.77 bits per heavy atom. The Bertz CT molecular complexity index is 1370. The van der Waals surface area contributed by atoms with E-state index in [0.717, 1.165) is 0 Å². The smallest absolute Gasteiger partial charge is 0.262 e. The monoisotopic (exact) mass is 435 g/mol. The van der Waals surface area contributed by atoms with Crippen molar-refractivity contribution < 1.29 is 13.9 Å². The van der Waals surface area contributed by atoms with Crippen molar-refractivity contribution in [1.82, 2.24) is 9.55 Å². The first-order valence-electron chi connectivity index (χ1n) is 9.56. The van der Waals surface area contributed by atoms with Gasteiger partial charge in [0.25, 0.3) is 5.56 Å². The highest BCUT2D eigenvalue weighted by Gasteiger charge is 2.15. The number of aromatic nitrogens is 2. The number of anilines is 1. The normalized spacial score (nSPS) is 10.7. The number of fused-ring (bicyclic) bond motifs is 1. The van der Waals surface area contributed by atoms with E-state index in [1.54, 1.807) is 54.6 Å². The fraction of sp³-hybridized carbons (Fsp3) is 0.0870. The van der Waals surface area contributed by atoms with Crippen LogP contribution in [0.1, 0.15) is 6.42 Å². The Labute approximate surface area is 181 Å². The van der Waals surface area contributed by atoms with Crippen LogP contribution in [0.15, 0.2) is 77.6 Å². The second-order valence-corrected chi connectivity index (χ2v) is 7.15. The summed E-state index contributed by atoms with van der Waals surface area (Å²) in [6, 6.07) is 20.2. The first-order valence-corrected chi connectivity index (χ1v) is 9.97. The van der Waals surface area contributed by atoms with Crippen LogP contribution < -0.4 is 15.6 Å². The van der Waals surface area contributed by atoms with E-state index in [4.69, 9.17) is 17.0 Å². The predicted octanol–water partition coefficient (Wildman–Crippen LogP) is 5.02. The van der Waals surface area contributed by atoms with Gasteiger partial charge in [0.2, 0.25) is 5.91 Å². The quantitative estimate of drug-likeness (QED) is 0.417. The van der Waals surface area contributed by atoms with Crippen molar-refractivity contribution in [3.63, 3.8) is 0 Å². The van der Waals surface area contributed by atoms with E-state index < -0.39 is 11.7 Å². The summed E-state index contributed by atoms with van der Waals surface area (Å²) in [6.07, 6.45) is -0.0746. The van der Waals surface area contributed by atoms with Gasteiger partial charge in [-0.2, -0.15) is 0 Å². The standard InChI is InChI=1S/C23H18FN3O3S/c24-17-10-6-12-19(30-15-7-2-1-3-8-15)21(17)26-20(28)13-14-27-22(29)16-9-4-5-11-18(16)25-23(27)31/h1-12H,13-14H2,(H,25,31)(H,26,28). The fourth-order valence-corrected chi connectivity index (χ4v) is 3.43. The molecular formula is C23H18FN3O3S. The number of hydrogen-bond donors (Lipinski definition) is 2. The minimum atomic E-state index is -0.623. The molecule has 3 aromatic carbocycles. The van der Waals surface area contributed by atoms with Crippen molar-refractivity contribution >= 4 is 34.7 Å². The predicted molar refractivity (Wildman–Crippen MR) is 120 cm³/mol. The van der Waals surface area contributed by atoms with E-state index in [1.807, 2.05) is 6.07 Å². The van der Waals surface area contributed by atoms with Gasteiger partial charge in [-0.05, 0) is 48.6 Å². The van der Waals surface area contributed by atoms with Gasteiger partial charge in [-0.1, -0.05) is 36.4 Å². The summed E-state index contributed by atoms with van der Waals surface area (Å²) in [7, 11) is 0. The molecule has 0 spiro atoms. The number of ether oxygens (including phenoxy) is 1. The highest BCUT2D eigenvalue weighted by atomic mass is 32.1. The van der Waals surface area contributed by atoms with Gasteiger partial charge in [0.15, 0.2) is 16.3 Å². The van der Waals surface area contributed by atoms with Crippen molar-refractivity contribution in [3.05, 3.63) is 93.7 Å². The summed E-state index contributed by atoms with van der Waals surface area (Å²) in [6.45, 7) is 0.0498. The third-order valence-electron chi connectivity index (χ3n) is 4.66. The molecule has 31 heavy (non-hydrogen) atoms. The van der Waals surface area contributed by atoms with Crippen LogP contribution in [0, 0.1) is 10.6 Å². The highest BCUT2D eigenvalue weighted by Crippen LogP contribution is 2.31. The average Bonchev–Trinajstić information content (AvgIpc) is 2.77. The van der Waals surface area contributed by atoms with Crippen LogP contribution in [-0.4, -0.2) is 15.5 Å². The van der Waals surface area contributed by atoms with Crippen LogP contribution in [0.5, 0.6) is 11.5 Å². The lowest BCUT2D eigenvalue weighted by atomic mass is 10.2. The second-order valence-electron chi connectivity index (χ2n) is 6.76. The van der Waals surface area contributed by atoms with Gasteiger partial charge in [0.1, 0.15) is 11.4 Å². The van der Waals surface area contributed by atoms with Gasteiger partial charge >= 0.3 is 0 Å². The molecule has 0 radical (unpaired) electrons. The van der Waals surface area contributed by atoms with E-state index in [1.165, 1.54) is 16.7 Å². The Balaban J connectivity index is 1.52. The molecule has 8 heteroatoms. The van der Waals surface area contributed by atoms with Gasteiger partial charge in [0.05, 0.1) is 10.9 Å². The number of carbonyl (C=O) groups excluding carboxylic acids is 1. The third kappa shape index (κ3) is 4.54.